The second-order valence-electron chi connectivity index (χ2n) is 12.8. The number of primary amides is 1. The lowest BCUT2D eigenvalue weighted by atomic mass is 9.92. The molecule has 2 aromatic carbocycles. The van der Waals surface area contributed by atoms with Crippen LogP contribution in [-0.4, -0.2) is 86.1 Å². The van der Waals surface area contributed by atoms with Gasteiger partial charge in [0.2, 0.25) is 0 Å². The summed E-state index contributed by atoms with van der Waals surface area (Å²) in [5.41, 5.74) is 3.42. The third-order valence-electron chi connectivity index (χ3n) is 9.87. The van der Waals surface area contributed by atoms with Gasteiger partial charge in [-0.15, -0.1) is 0 Å². The highest BCUT2D eigenvalue weighted by Gasteiger charge is 2.49. The maximum Gasteiger partial charge on any atom is 0.319 e. The zero-order valence-electron chi connectivity index (χ0n) is 25.4. The van der Waals surface area contributed by atoms with Crippen LogP contribution in [0.2, 0.25) is 0 Å². The van der Waals surface area contributed by atoms with Crippen molar-refractivity contribution in [1.82, 2.24) is 19.9 Å². The first-order valence-electron chi connectivity index (χ1n) is 15.6. The van der Waals surface area contributed by atoms with Crippen LogP contribution in [0.5, 0.6) is 11.8 Å². The van der Waals surface area contributed by atoms with Crippen molar-refractivity contribution in [2.75, 3.05) is 37.7 Å². The molecule has 0 aliphatic carbocycles. The number of nitrogens with zero attached hydrogens (tertiary/aromatic N) is 5. The summed E-state index contributed by atoms with van der Waals surface area (Å²) in [6.07, 6.45) is 3.25. The smallest absolute Gasteiger partial charge is 0.319 e. The van der Waals surface area contributed by atoms with Crippen molar-refractivity contribution >= 4 is 33.4 Å². The molecule has 7 rings (SSSR count). The SMILES string of the molecule is CCc1c(F)ccc2cc(O)cc(-c3ncc4c(N5CCCC(O)(C(N)=O)C5)nc(OC[C@@]56CCCN5C[C@H](F)C6)nc4c3F)c12. The molecule has 0 spiro atoms. The molecule has 5 heterocycles. The summed E-state index contributed by atoms with van der Waals surface area (Å²) in [4.78, 5) is 29.4. The molecule has 2 aromatic heterocycles. The fraction of sp³-hybridized carbons (Fsp3) is 0.455. The Morgan fingerprint density at radius 1 is 1.17 bits per heavy atom. The standard InChI is InChI=1S/C33H35F3N6O4/c1-2-21-24(35)6-5-18-11-20(43)12-22(25(18)21)27-26(36)28-23(14-38-27)29(41-9-4-8-33(45,16-41)30(37)44)40-31(39-28)46-17-32-7-3-10-42(32)15-19(34)13-32/h5-6,11-12,14,19,43,45H,2-4,7-10,13,15-17H2,1H3,(H2,37,44)/t19-,32+,33?/m1/s1. The molecule has 0 bridgehead atoms. The minimum atomic E-state index is -1.83. The normalized spacial score (nSPS) is 25.0. The van der Waals surface area contributed by atoms with Crippen molar-refractivity contribution in [2.24, 2.45) is 5.73 Å². The zero-order valence-corrected chi connectivity index (χ0v) is 25.4. The predicted molar refractivity (Wildman–Crippen MR) is 165 cm³/mol. The molecule has 0 radical (unpaired) electrons. The number of aryl methyl sites for hydroxylation is 1. The molecule has 46 heavy (non-hydrogen) atoms. The van der Waals surface area contributed by atoms with Crippen LogP contribution in [0.15, 0.2) is 30.5 Å². The molecule has 1 amide bonds. The van der Waals surface area contributed by atoms with E-state index in [1.165, 1.54) is 30.5 Å². The minimum Gasteiger partial charge on any atom is -0.508 e. The average Bonchev–Trinajstić information content (AvgIpc) is 3.55. The summed E-state index contributed by atoms with van der Waals surface area (Å²) in [6.45, 7) is 3.16. The number of aliphatic hydroxyl groups is 1. The van der Waals surface area contributed by atoms with Gasteiger partial charge in [0.15, 0.2) is 11.4 Å². The molecule has 3 fully saturated rings. The number of ether oxygens (including phenoxy) is 1. The number of carbonyl (C=O) groups excluding carboxylic acids is 1. The van der Waals surface area contributed by atoms with Gasteiger partial charge in [0.25, 0.3) is 5.91 Å². The quantitative estimate of drug-likeness (QED) is 0.273. The number of piperidine rings is 1. The van der Waals surface area contributed by atoms with Crippen molar-refractivity contribution in [3.63, 3.8) is 0 Å². The van der Waals surface area contributed by atoms with E-state index < -0.39 is 34.9 Å². The van der Waals surface area contributed by atoms with Gasteiger partial charge in [-0.2, -0.15) is 9.97 Å². The van der Waals surface area contributed by atoms with Crippen LogP contribution in [0.25, 0.3) is 32.9 Å². The fourth-order valence-electron chi connectivity index (χ4n) is 7.61. The number of aromatic nitrogens is 3. The molecular formula is C33H35F3N6O4. The number of phenols is 1. The van der Waals surface area contributed by atoms with Gasteiger partial charge < -0.3 is 25.6 Å². The lowest BCUT2D eigenvalue weighted by molar-refractivity contribution is -0.137. The molecule has 3 saturated heterocycles. The molecular weight excluding hydrogens is 601 g/mol. The van der Waals surface area contributed by atoms with E-state index >= 15 is 4.39 Å². The van der Waals surface area contributed by atoms with E-state index in [0.717, 1.165) is 19.4 Å². The Morgan fingerprint density at radius 2 is 1.98 bits per heavy atom. The van der Waals surface area contributed by atoms with Gasteiger partial charge in [0.1, 0.15) is 41.4 Å². The number of hydrogen-bond acceptors (Lipinski definition) is 9. The molecule has 10 nitrogen and oxygen atoms in total. The average molecular weight is 637 g/mol. The number of pyridine rings is 1. The van der Waals surface area contributed by atoms with Gasteiger partial charge in [0, 0.05) is 31.3 Å². The van der Waals surface area contributed by atoms with Crippen LogP contribution in [0.4, 0.5) is 19.0 Å². The summed E-state index contributed by atoms with van der Waals surface area (Å²) < 4.78 is 52.3. The highest BCUT2D eigenvalue weighted by atomic mass is 19.1. The van der Waals surface area contributed by atoms with Crippen molar-refractivity contribution in [2.45, 2.75) is 62.8 Å². The number of benzene rings is 2. The van der Waals surface area contributed by atoms with Crippen molar-refractivity contribution in [1.29, 1.82) is 0 Å². The van der Waals surface area contributed by atoms with Crippen molar-refractivity contribution < 1.29 is 32.9 Å². The first kappa shape index (κ1) is 30.4. The van der Waals surface area contributed by atoms with Crippen LogP contribution in [0.3, 0.4) is 0 Å². The summed E-state index contributed by atoms with van der Waals surface area (Å²) in [6, 6.07) is 5.50. The summed E-state index contributed by atoms with van der Waals surface area (Å²) in [5.74, 6) is -2.15. The van der Waals surface area contributed by atoms with E-state index in [1.54, 1.807) is 11.8 Å². The highest BCUT2D eigenvalue weighted by Crippen LogP contribution is 2.42. The first-order valence-corrected chi connectivity index (χ1v) is 15.6. The van der Waals surface area contributed by atoms with E-state index in [2.05, 4.69) is 19.9 Å². The number of amides is 1. The van der Waals surface area contributed by atoms with E-state index in [-0.39, 0.29) is 59.3 Å². The van der Waals surface area contributed by atoms with Crippen LogP contribution in [-0.2, 0) is 11.2 Å². The zero-order chi connectivity index (χ0) is 32.4. The number of alkyl halides is 1. The van der Waals surface area contributed by atoms with E-state index in [9.17, 15) is 23.8 Å². The Labute approximate surface area is 263 Å². The predicted octanol–water partition coefficient (Wildman–Crippen LogP) is 4.16. The molecule has 13 heteroatoms. The second-order valence-corrected chi connectivity index (χ2v) is 12.8. The molecule has 3 atom stereocenters. The number of nitrogens with two attached hydrogens (primary N) is 1. The Morgan fingerprint density at radius 3 is 2.76 bits per heavy atom. The van der Waals surface area contributed by atoms with Crippen molar-refractivity contribution in [3.8, 4) is 23.0 Å². The third-order valence-corrected chi connectivity index (χ3v) is 9.87. The van der Waals surface area contributed by atoms with Gasteiger partial charge in [0.05, 0.1) is 17.5 Å². The van der Waals surface area contributed by atoms with Crippen LogP contribution in [0.1, 0.15) is 44.6 Å². The van der Waals surface area contributed by atoms with Gasteiger partial charge in [-0.3, -0.25) is 14.7 Å². The second kappa shape index (κ2) is 11.2. The number of hydrogen-bond donors (Lipinski definition) is 3. The Kier molecular flexibility index (Phi) is 7.43. The van der Waals surface area contributed by atoms with E-state index in [0.29, 0.717) is 48.7 Å². The maximum atomic E-state index is 16.8. The van der Waals surface area contributed by atoms with Crippen LogP contribution >= 0.6 is 0 Å². The monoisotopic (exact) mass is 636 g/mol. The number of β-amino-alcohol motifs (C(OH)–C–C–N with tert-alkyl or cyclic N) is 1. The summed E-state index contributed by atoms with van der Waals surface area (Å²) >= 11 is 0. The van der Waals surface area contributed by atoms with Gasteiger partial charge in [-0.1, -0.05) is 13.0 Å². The lowest BCUT2D eigenvalue weighted by Gasteiger charge is -2.38. The highest BCUT2D eigenvalue weighted by molar-refractivity contribution is 6.02. The molecule has 3 aliphatic heterocycles. The van der Waals surface area contributed by atoms with Gasteiger partial charge in [-0.05, 0) is 73.2 Å². The summed E-state index contributed by atoms with van der Waals surface area (Å²) in [7, 11) is 0. The fourth-order valence-corrected chi connectivity index (χ4v) is 7.61. The number of rotatable bonds is 7. The number of halogens is 3. The molecule has 3 aliphatic rings. The third kappa shape index (κ3) is 4.96. The van der Waals surface area contributed by atoms with Crippen molar-refractivity contribution in [3.05, 3.63) is 47.7 Å². The number of anilines is 1. The number of aromatic hydroxyl groups is 1. The molecule has 1 unspecified atom stereocenters. The van der Waals surface area contributed by atoms with Crippen LogP contribution in [0, 0.1) is 11.6 Å². The molecule has 0 saturated carbocycles. The number of fused-ring (bicyclic) bond motifs is 3. The number of carbonyl (C=O) groups is 1. The Bertz CT molecular complexity index is 1880. The van der Waals surface area contributed by atoms with Gasteiger partial charge in [-0.25, -0.2) is 13.2 Å². The largest absolute Gasteiger partial charge is 0.508 e. The molecule has 4 N–H and O–H groups in total. The molecule has 242 valence electrons. The Balaban J connectivity index is 1.39. The van der Waals surface area contributed by atoms with Crippen LogP contribution < -0.4 is 15.4 Å². The van der Waals surface area contributed by atoms with E-state index in [4.69, 9.17) is 10.5 Å². The first-order chi connectivity index (χ1) is 22.0. The van der Waals surface area contributed by atoms with E-state index in [1.807, 2.05) is 0 Å². The summed E-state index contributed by atoms with van der Waals surface area (Å²) in [5, 5.41) is 22.6. The lowest BCUT2D eigenvalue weighted by Crippen LogP contribution is -2.56. The minimum absolute atomic E-state index is 0.0967. The Hall–Kier alpha value is -4.23. The molecule has 4 aromatic rings. The maximum absolute atomic E-state index is 16.8. The topological polar surface area (TPSA) is 138 Å². The van der Waals surface area contributed by atoms with Gasteiger partial charge >= 0.3 is 6.01 Å². The number of phenolic OH excluding ortho intramolecular Hbond substituents is 1.